The van der Waals surface area contributed by atoms with Crippen molar-refractivity contribution in [2.45, 2.75) is 25.7 Å². The topological polar surface area (TPSA) is 25.2 Å². The van der Waals surface area contributed by atoms with E-state index in [0.29, 0.717) is 0 Å². The van der Waals surface area contributed by atoms with Crippen LogP contribution in [0.1, 0.15) is 24.2 Å². The fourth-order valence-corrected chi connectivity index (χ4v) is 2.28. The number of para-hydroxylation sites is 1. The fraction of sp³-hybridized carbons (Fsp3) is 0.286. The van der Waals surface area contributed by atoms with Gasteiger partial charge >= 0.3 is 0 Å². The molecule has 2 aromatic rings. The molecule has 2 heteroatoms. The maximum atomic E-state index is 5.60. The molecule has 1 heterocycles. The van der Waals surface area contributed by atoms with Crippen molar-refractivity contribution >= 4 is 11.4 Å². The molecule has 1 N–H and O–H groups in total. The molecule has 1 aliphatic rings. The van der Waals surface area contributed by atoms with Crippen LogP contribution in [0, 0.1) is 0 Å². The summed E-state index contributed by atoms with van der Waals surface area (Å²) in [6, 6.07) is 10.2. The van der Waals surface area contributed by atoms with Crippen LogP contribution in [0.5, 0.6) is 0 Å². The summed E-state index contributed by atoms with van der Waals surface area (Å²) in [5.74, 6) is 1.17. The van der Waals surface area contributed by atoms with Crippen molar-refractivity contribution in [2.75, 3.05) is 5.32 Å². The Morgan fingerprint density at radius 3 is 2.69 bits per heavy atom. The summed E-state index contributed by atoms with van der Waals surface area (Å²) in [5.41, 5.74) is 3.63. The summed E-state index contributed by atoms with van der Waals surface area (Å²) in [4.78, 5) is 0. The van der Waals surface area contributed by atoms with Crippen molar-refractivity contribution in [3.8, 4) is 0 Å². The molecule has 0 bridgehead atoms. The molecule has 0 fully saturated rings. The second-order valence-electron chi connectivity index (χ2n) is 4.25. The Kier molecular flexibility index (Phi) is 2.41. The summed E-state index contributed by atoms with van der Waals surface area (Å²) in [6.07, 6.45) is 6.61. The molecule has 0 atom stereocenters. The number of aryl methyl sites for hydroxylation is 1. The lowest BCUT2D eigenvalue weighted by atomic mass is 9.97. The first-order chi connectivity index (χ1) is 7.93. The average molecular weight is 213 g/mol. The van der Waals surface area contributed by atoms with Gasteiger partial charge in [0.1, 0.15) is 12.0 Å². The molecule has 0 aliphatic heterocycles. The van der Waals surface area contributed by atoms with Gasteiger partial charge in [0.15, 0.2) is 0 Å². The van der Waals surface area contributed by atoms with Crippen LogP contribution >= 0.6 is 0 Å². The van der Waals surface area contributed by atoms with E-state index in [1.807, 2.05) is 24.5 Å². The van der Waals surface area contributed by atoms with Gasteiger partial charge < -0.3 is 9.73 Å². The third-order valence-corrected chi connectivity index (χ3v) is 3.11. The normalized spacial score (nSPS) is 14.5. The van der Waals surface area contributed by atoms with E-state index in [9.17, 15) is 0 Å². The first-order valence-corrected chi connectivity index (χ1v) is 5.85. The molecule has 0 unspecified atom stereocenters. The maximum absolute atomic E-state index is 5.60. The van der Waals surface area contributed by atoms with Crippen LogP contribution in [-0.4, -0.2) is 0 Å². The summed E-state index contributed by atoms with van der Waals surface area (Å²) >= 11 is 0. The first-order valence-electron chi connectivity index (χ1n) is 5.85. The molecule has 3 rings (SSSR count). The SMILES string of the molecule is c1ccc(Nc2coc3c2CCCC3)cc1. The molecule has 16 heavy (non-hydrogen) atoms. The average Bonchev–Trinajstić information content (AvgIpc) is 2.74. The van der Waals surface area contributed by atoms with Gasteiger partial charge in [0.05, 0.1) is 5.69 Å². The van der Waals surface area contributed by atoms with Crippen LogP contribution < -0.4 is 5.32 Å². The minimum absolute atomic E-state index is 1.09. The monoisotopic (exact) mass is 213 g/mol. The van der Waals surface area contributed by atoms with Gasteiger partial charge in [0, 0.05) is 17.7 Å². The van der Waals surface area contributed by atoms with Crippen molar-refractivity contribution in [1.29, 1.82) is 0 Å². The number of fused-ring (bicyclic) bond motifs is 1. The van der Waals surface area contributed by atoms with E-state index >= 15 is 0 Å². The second kappa shape index (κ2) is 4.05. The van der Waals surface area contributed by atoms with Crippen LogP contribution in [0.3, 0.4) is 0 Å². The quantitative estimate of drug-likeness (QED) is 0.818. The Morgan fingerprint density at radius 2 is 1.81 bits per heavy atom. The highest BCUT2D eigenvalue weighted by molar-refractivity contribution is 5.63. The van der Waals surface area contributed by atoms with Gasteiger partial charge in [-0.25, -0.2) is 0 Å². The molecule has 0 radical (unpaired) electrons. The van der Waals surface area contributed by atoms with Crippen LogP contribution in [-0.2, 0) is 12.8 Å². The highest BCUT2D eigenvalue weighted by atomic mass is 16.3. The molecule has 1 aliphatic carbocycles. The zero-order chi connectivity index (χ0) is 10.8. The van der Waals surface area contributed by atoms with Gasteiger partial charge in [-0.05, 0) is 31.4 Å². The van der Waals surface area contributed by atoms with E-state index in [0.717, 1.165) is 24.2 Å². The lowest BCUT2D eigenvalue weighted by molar-refractivity contribution is 0.478. The van der Waals surface area contributed by atoms with Crippen LogP contribution in [0.2, 0.25) is 0 Å². The largest absolute Gasteiger partial charge is 0.467 e. The van der Waals surface area contributed by atoms with E-state index < -0.39 is 0 Å². The predicted octanol–water partition coefficient (Wildman–Crippen LogP) is 3.90. The number of benzene rings is 1. The molecular weight excluding hydrogens is 198 g/mol. The molecule has 2 nitrogen and oxygen atoms in total. The smallest absolute Gasteiger partial charge is 0.114 e. The van der Waals surface area contributed by atoms with Crippen molar-refractivity contribution in [1.82, 2.24) is 0 Å². The van der Waals surface area contributed by atoms with Crippen molar-refractivity contribution in [2.24, 2.45) is 0 Å². The van der Waals surface area contributed by atoms with Crippen LogP contribution in [0.15, 0.2) is 41.0 Å². The van der Waals surface area contributed by atoms with Gasteiger partial charge in [-0.15, -0.1) is 0 Å². The number of furan rings is 1. The Bertz CT molecular complexity index is 473. The summed E-state index contributed by atoms with van der Waals surface area (Å²) in [5, 5.41) is 3.42. The number of nitrogens with one attached hydrogen (secondary N) is 1. The lowest BCUT2D eigenvalue weighted by Gasteiger charge is -2.11. The number of hydrogen-bond acceptors (Lipinski definition) is 2. The summed E-state index contributed by atoms with van der Waals surface area (Å²) in [7, 11) is 0. The zero-order valence-corrected chi connectivity index (χ0v) is 9.20. The number of rotatable bonds is 2. The molecule has 0 saturated carbocycles. The van der Waals surface area contributed by atoms with Gasteiger partial charge in [-0.1, -0.05) is 18.2 Å². The molecule has 0 amide bonds. The predicted molar refractivity (Wildman–Crippen MR) is 65.1 cm³/mol. The minimum atomic E-state index is 1.09. The van der Waals surface area contributed by atoms with Gasteiger partial charge in [-0.2, -0.15) is 0 Å². The van der Waals surface area contributed by atoms with Crippen LogP contribution in [0.4, 0.5) is 11.4 Å². The minimum Gasteiger partial charge on any atom is -0.467 e. The fourth-order valence-electron chi connectivity index (χ4n) is 2.28. The van der Waals surface area contributed by atoms with E-state index in [-0.39, 0.29) is 0 Å². The molecule has 82 valence electrons. The van der Waals surface area contributed by atoms with Crippen molar-refractivity contribution < 1.29 is 4.42 Å². The van der Waals surface area contributed by atoms with E-state index in [1.165, 1.54) is 24.2 Å². The summed E-state index contributed by atoms with van der Waals surface area (Å²) < 4.78 is 5.60. The maximum Gasteiger partial charge on any atom is 0.114 e. The Hall–Kier alpha value is -1.70. The molecule has 1 aromatic carbocycles. The van der Waals surface area contributed by atoms with Crippen molar-refractivity contribution in [3.63, 3.8) is 0 Å². The third-order valence-electron chi connectivity index (χ3n) is 3.11. The number of hydrogen-bond donors (Lipinski definition) is 1. The first kappa shape index (κ1) is 9.52. The van der Waals surface area contributed by atoms with Crippen LogP contribution in [0.25, 0.3) is 0 Å². The highest BCUT2D eigenvalue weighted by Crippen LogP contribution is 2.31. The standard InChI is InChI=1S/C14H15NO/c1-2-6-11(7-3-1)15-13-10-16-14-9-5-4-8-12(13)14/h1-3,6-7,10,15H,4-5,8-9H2. The van der Waals surface area contributed by atoms with Gasteiger partial charge in [0.2, 0.25) is 0 Å². The third kappa shape index (κ3) is 1.71. The highest BCUT2D eigenvalue weighted by Gasteiger charge is 2.17. The zero-order valence-electron chi connectivity index (χ0n) is 9.20. The Morgan fingerprint density at radius 1 is 1.00 bits per heavy atom. The Balaban J connectivity index is 1.88. The summed E-state index contributed by atoms with van der Waals surface area (Å²) in [6.45, 7) is 0. The Labute approximate surface area is 95.3 Å². The van der Waals surface area contributed by atoms with E-state index in [1.54, 1.807) is 0 Å². The van der Waals surface area contributed by atoms with E-state index in [4.69, 9.17) is 4.42 Å². The molecule has 1 aromatic heterocycles. The molecule has 0 saturated heterocycles. The molecule has 0 spiro atoms. The van der Waals surface area contributed by atoms with Gasteiger partial charge in [0.25, 0.3) is 0 Å². The second-order valence-corrected chi connectivity index (χ2v) is 4.25. The van der Waals surface area contributed by atoms with Crippen molar-refractivity contribution in [3.05, 3.63) is 47.9 Å². The molecular formula is C14H15NO. The van der Waals surface area contributed by atoms with Gasteiger partial charge in [-0.3, -0.25) is 0 Å². The number of anilines is 2. The lowest BCUT2D eigenvalue weighted by Crippen LogP contribution is -2.01. The van der Waals surface area contributed by atoms with E-state index in [2.05, 4.69) is 17.4 Å².